The number of carboxylic acid groups (broad SMARTS) is 1. The van der Waals surface area contributed by atoms with Crippen LogP contribution in [0.2, 0.25) is 0 Å². The summed E-state index contributed by atoms with van der Waals surface area (Å²) in [6.45, 7) is 2.71. The highest BCUT2D eigenvalue weighted by Crippen LogP contribution is 2.53. The van der Waals surface area contributed by atoms with E-state index in [1.165, 1.54) is 80.2 Å². The van der Waals surface area contributed by atoms with Gasteiger partial charge in [0.25, 0.3) is 5.24 Å². The van der Waals surface area contributed by atoms with Crippen molar-refractivity contribution < 1.29 is 24.3 Å². The largest absolute Gasteiger partial charge is 0.478 e. The van der Waals surface area contributed by atoms with Crippen molar-refractivity contribution in [1.82, 2.24) is 15.1 Å². The third-order valence-corrected chi connectivity index (χ3v) is 12.3. The molecular formula is C35H43N3O5S3. The number of Topliss-reactive ketones (excluding diaryl/α,β-unsaturated/α-hetero) is 2. The van der Waals surface area contributed by atoms with Crippen LogP contribution < -0.4 is 0 Å². The molecule has 246 valence electrons. The molecule has 8 nitrogen and oxygen atoms in total. The summed E-state index contributed by atoms with van der Waals surface area (Å²) < 4.78 is 1.32. The molecule has 1 N–H and O–H groups in total. The van der Waals surface area contributed by atoms with Crippen molar-refractivity contribution in [3.63, 3.8) is 0 Å². The molecule has 3 aliphatic rings. The SMILES string of the molecule is CCCCCCCCCCCCN(CC1=C(c2ccc(C(=O)O)cc2)C(=O)C2=C(C1=O)C1CCC2C1)C(=O)Sc1nnc(SC)s1. The number of benzene rings is 1. The second kappa shape index (κ2) is 16.4. The normalized spacial score (nSPS) is 18.9. The minimum Gasteiger partial charge on any atom is -0.478 e. The summed E-state index contributed by atoms with van der Waals surface area (Å²) >= 11 is 3.85. The van der Waals surface area contributed by atoms with E-state index < -0.39 is 5.97 Å². The van der Waals surface area contributed by atoms with Crippen LogP contribution in [0.25, 0.3) is 5.57 Å². The highest BCUT2D eigenvalue weighted by molar-refractivity contribution is 8.15. The maximum absolute atomic E-state index is 14.3. The first kappa shape index (κ1) is 34.6. The molecule has 1 aromatic carbocycles. The summed E-state index contributed by atoms with van der Waals surface area (Å²) in [5.41, 5.74) is 2.55. The summed E-state index contributed by atoms with van der Waals surface area (Å²) in [7, 11) is 0. The molecule has 1 heterocycles. The fraction of sp³-hybridized carbons (Fsp3) is 0.543. The highest BCUT2D eigenvalue weighted by Gasteiger charge is 2.49. The van der Waals surface area contributed by atoms with E-state index in [9.17, 15) is 24.3 Å². The van der Waals surface area contributed by atoms with Crippen molar-refractivity contribution in [3.8, 4) is 0 Å². The maximum atomic E-state index is 14.3. The number of carbonyl (C=O) groups is 4. The van der Waals surface area contributed by atoms with Gasteiger partial charge >= 0.3 is 5.97 Å². The summed E-state index contributed by atoms with van der Waals surface area (Å²) in [6, 6.07) is 6.15. The van der Waals surface area contributed by atoms with Crippen LogP contribution >= 0.6 is 34.9 Å². The van der Waals surface area contributed by atoms with Gasteiger partial charge in [-0.2, -0.15) is 0 Å². The van der Waals surface area contributed by atoms with Crippen molar-refractivity contribution >= 4 is 63.2 Å². The van der Waals surface area contributed by atoms with Gasteiger partial charge in [0, 0.05) is 40.6 Å². The lowest BCUT2D eigenvalue weighted by molar-refractivity contribution is -0.116. The number of aromatic nitrogens is 2. The third-order valence-electron chi connectivity index (χ3n) is 9.38. The fourth-order valence-electron chi connectivity index (χ4n) is 7.02. The lowest BCUT2D eigenvalue weighted by Crippen LogP contribution is -2.36. The Hall–Kier alpha value is -2.76. The fourth-order valence-corrected chi connectivity index (χ4v) is 9.32. The molecule has 2 bridgehead atoms. The van der Waals surface area contributed by atoms with E-state index in [1.54, 1.807) is 17.0 Å². The Morgan fingerprint density at radius 1 is 0.870 bits per heavy atom. The van der Waals surface area contributed by atoms with E-state index in [0.717, 1.165) is 54.6 Å². The molecule has 11 heteroatoms. The number of thioether (sulfide) groups is 2. The van der Waals surface area contributed by atoms with Crippen LogP contribution in [0.5, 0.6) is 0 Å². The summed E-state index contributed by atoms with van der Waals surface area (Å²) in [5.74, 6) is -1.15. The quantitative estimate of drug-likeness (QED) is 0.0994. The Balaban J connectivity index is 1.37. The van der Waals surface area contributed by atoms with Gasteiger partial charge in [0.1, 0.15) is 0 Å². The zero-order chi connectivity index (χ0) is 32.6. The molecule has 0 saturated heterocycles. The molecule has 2 aromatic rings. The molecule has 46 heavy (non-hydrogen) atoms. The van der Waals surface area contributed by atoms with Gasteiger partial charge in [-0.3, -0.25) is 14.4 Å². The summed E-state index contributed by atoms with van der Waals surface area (Å²) in [4.78, 5) is 55.5. The Kier molecular flexibility index (Phi) is 12.3. The number of carbonyl (C=O) groups excluding carboxylic acids is 3. The Morgan fingerprint density at radius 2 is 1.46 bits per heavy atom. The Labute approximate surface area is 283 Å². The van der Waals surface area contributed by atoms with E-state index in [4.69, 9.17) is 0 Å². The van der Waals surface area contributed by atoms with Crippen LogP contribution in [-0.4, -0.2) is 62.3 Å². The predicted octanol–water partition coefficient (Wildman–Crippen LogP) is 8.73. The molecule has 0 aliphatic heterocycles. The number of fused-ring (bicyclic) bond motifs is 4. The zero-order valence-corrected chi connectivity index (χ0v) is 29.2. The monoisotopic (exact) mass is 681 g/mol. The molecule has 1 aromatic heterocycles. The molecule has 0 radical (unpaired) electrons. The van der Waals surface area contributed by atoms with Gasteiger partial charge in [0.05, 0.1) is 12.1 Å². The van der Waals surface area contributed by atoms with Gasteiger partial charge in [-0.15, -0.1) is 10.2 Å². The van der Waals surface area contributed by atoms with E-state index in [-0.39, 0.29) is 40.7 Å². The Morgan fingerprint density at radius 3 is 2.04 bits per heavy atom. The van der Waals surface area contributed by atoms with Crippen LogP contribution in [-0.2, 0) is 9.59 Å². The van der Waals surface area contributed by atoms with Gasteiger partial charge < -0.3 is 10.0 Å². The van der Waals surface area contributed by atoms with Gasteiger partial charge in [0.2, 0.25) is 0 Å². The van der Waals surface area contributed by atoms with Crippen LogP contribution in [0, 0.1) is 11.8 Å². The summed E-state index contributed by atoms with van der Waals surface area (Å²) in [5, 5.41) is 17.5. The van der Waals surface area contributed by atoms with Crippen molar-refractivity contribution in [1.29, 1.82) is 0 Å². The number of carboxylic acids is 1. The first-order valence-corrected chi connectivity index (χ1v) is 19.4. The number of ketones is 2. The maximum Gasteiger partial charge on any atom is 0.335 e. The smallest absolute Gasteiger partial charge is 0.335 e. The number of hydrogen-bond donors (Lipinski definition) is 1. The minimum absolute atomic E-state index is 0.0200. The van der Waals surface area contributed by atoms with E-state index in [2.05, 4.69) is 17.1 Å². The lowest BCUT2D eigenvalue weighted by Gasteiger charge is -2.30. The number of aromatic carboxylic acids is 1. The molecule has 3 aliphatic carbocycles. The molecule has 5 rings (SSSR count). The number of unbranched alkanes of at least 4 members (excludes halogenated alkanes) is 9. The van der Waals surface area contributed by atoms with Gasteiger partial charge in [-0.05, 0) is 61.5 Å². The zero-order valence-electron chi connectivity index (χ0n) is 26.7. The van der Waals surface area contributed by atoms with E-state index >= 15 is 0 Å². The molecule has 2 unspecified atom stereocenters. The van der Waals surface area contributed by atoms with E-state index in [0.29, 0.717) is 38.7 Å². The number of nitrogens with zero attached hydrogens (tertiary/aromatic N) is 3. The van der Waals surface area contributed by atoms with Crippen molar-refractivity contribution in [2.75, 3.05) is 19.3 Å². The predicted molar refractivity (Wildman–Crippen MR) is 185 cm³/mol. The second-order valence-electron chi connectivity index (χ2n) is 12.4. The van der Waals surface area contributed by atoms with Crippen LogP contribution in [0.4, 0.5) is 4.79 Å². The first-order valence-electron chi connectivity index (χ1n) is 16.6. The molecule has 2 atom stereocenters. The average molecular weight is 682 g/mol. The number of rotatable bonds is 17. The van der Waals surface area contributed by atoms with Gasteiger partial charge in [-0.25, -0.2) is 4.79 Å². The molecule has 1 saturated carbocycles. The molecule has 1 fully saturated rings. The number of hydrogen-bond acceptors (Lipinski definition) is 9. The van der Waals surface area contributed by atoms with Crippen LogP contribution in [0.15, 0.2) is 49.7 Å². The third kappa shape index (κ3) is 8.02. The molecular weight excluding hydrogens is 639 g/mol. The van der Waals surface area contributed by atoms with E-state index in [1.807, 2.05) is 6.26 Å². The van der Waals surface area contributed by atoms with Crippen molar-refractivity contribution in [2.45, 2.75) is 99.1 Å². The lowest BCUT2D eigenvalue weighted by atomic mass is 9.75. The van der Waals surface area contributed by atoms with Gasteiger partial charge in [-0.1, -0.05) is 99.9 Å². The van der Waals surface area contributed by atoms with Gasteiger partial charge in [0.15, 0.2) is 20.2 Å². The van der Waals surface area contributed by atoms with Crippen molar-refractivity contribution in [3.05, 3.63) is 52.1 Å². The first-order chi connectivity index (χ1) is 22.3. The minimum atomic E-state index is -1.06. The Bertz CT molecular complexity index is 1510. The number of allylic oxidation sites excluding steroid dienone is 3. The van der Waals surface area contributed by atoms with Crippen LogP contribution in [0.1, 0.15) is 106 Å². The van der Waals surface area contributed by atoms with Crippen LogP contribution in [0.3, 0.4) is 0 Å². The van der Waals surface area contributed by atoms with Crippen molar-refractivity contribution in [2.24, 2.45) is 11.8 Å². The standard InChI is InChI=1S/C35H43N3O5S3/c1-3-4-5-6-7-8-9-10-11-12-19-38(35(43)46-34-37-36-33(44-2)45-34)21-26-27(22-13-15-23(16-14-22)32(41)42)31(40)29-25-18-17-24(20-25)28(29)30(26)39/h13-16,24-25H,3-12,17-21H2,1-2H3,(H,41,42). The average Bonchev–Trinajstić information content (AvgIpc) is 3.81. The second-order valence-corrected chi connectivity index (χ2v) is 15.7. The number of amides is 1. The topological polar surface area (TPSA) is 118 Å². The molecule has 1 amide bonds. The molecule has 0 spiro atoms. The summed E-state index contributed by atoms with van der Waals surface area (Å²) in [6.07, 6.45) is 16.2. The highest BCUT2D eigenvalue weighted by atomic mass is 32.2.